The second-order valence-corrected chi connectivity index (χ2v) is 7.14. The van der Waals surface area contributed by atoms with Gasteiger partial charge in [-0.15, -0.1) is 0 Å². The van der Waals surface area contributed by atoms with Crippen molar-refractivity contribution in [3.05, 3.63) is 103 Å². The molecule has 1 N–H and O–H groups in total. The fraction of sp³-hybridized carbons (Fsp3) is 0.115. The minimum Gasteiger partial charge on any atom is -0.497 e. The first-order valence-electron chi connectivity index (χ1n) is 10.1. The Balaban J connectivity index is 1.34. The van der Waals surface area contributed by atoms with Gasteiger partial charge in [0.2, 0.25) is 5.91 Å². The van der Waals surface area contributed by atoms with E-state index in [4.69, 9.17) is 4.74 Å². The van der Waals surface area contributed by atoms with Gasteiger partial charge >= 0.3 is 0 Å². The maximum atomic E-state index is 12.4. The number of amides is 1. The number of hydrogen-bond acceptors (Lipinski definition) is 4. The van der Waals surface area contributed by atoms with Crippen LogP contribution in [0.4, 0.5) is 0 Å². The standard InChI is InChI=1S/C26H23N3O2/c1-31-24-13-11-22(12-14-24)25-16-23(28-18-29-25)17-27-26(30)15-19-7-9-21(10-8-19)20-5-3-2-4-6-20/h2-14,16,18H,15,17H2,1H3,(H,27,30). The number of nitrogens with zero attached hydrogens (tertiary/aromatic N) is 2. The molecule has 0 saturated carbocycles. The number of benzene rings is 3. The molecule has 0 bridgehead atoms. The molecule has 5 nitrogen and oxygen atoms in total. The van der Waals surface area contributed by atoms with Crippen molar-refractivity contribution in [1.82, 2.24) is 15.3 Å². The van der Waals surface area contributed by atoms with Crippen LogP contribution in [0.5, 0.6) is 5.75 Å². The molecule has 31 heavy (non-hydrogen) atoms. The summed E-state index contributed by atoms with van der Waals surface area (Å²) in [6, 6.07) is 27.8. The second-order valence-electron chi connectivity index (χ2n) is 7.14. The molecule has 0 radical (unpaired) electrons. The Morgan fingerprint density at radius 3 is 2.23 bits per heavy atom. The summed E-state index contributed by atoms with van der Waals surface area (Å²) in [6.07, 6.45) is 1.84. The lowest BCUT2D eigenvalue weighted by Gasteiger charge is -2.08. The molecular formula is C26H23N3O2. The van der Waals surface area contributed by atoms with Crippen LogP contribution in [0.15, 0.2) is 91.3 Å². The Kier molecular flexibility index (Phi) is 6.33. The third-order valence-corrected chi connectivity index (χ3v) is 5.00. The van der Waals surface area contributed by atoms with E-state index in [9.17, 15) is 4.79 Å². The number of rotatable bonds is 7. The molecule has 0 aliphatic carbocycles. The molecule has 1 heterocycles. The largest absolute Gasteiger partial charge is 0.497 e. The second kappa shape index (κ2) is 9.67. The molecule has 0 atom stereocenters. The molecule has 0 aliphatic rings. The highest BCUT2D eigenvalue weighted by molar-refractivity contribution is 5.79. The van der Waals surface area contributed by atoms with Crippen molar-refractivity contribution >= 4 is 5.91 Å². The Bertz CT molecular complexity index is 1140. The van der Waals surface area contributed by atoms with Crippen molar-refractivity contribution in [1.29, 1.82) is 0 Å². The third-order valence-electron chi connectivity index (χ3n) is 5.00. The van der Waals surface area contributed by atoms with Gasteiger partial charge in [0.25, 0.3) is 0 Å². The first-order chi connectivity index (χ1) is 15.2. The highest BCUT2D eigenvalue weighted by Crippen LogP contribution is 2.21. The van der Waals surface area contributed by atoms with Gasteiger partial charge in [0.05, 0.1) is 31.5 Å². The number of ether oxygens (including phenoxy) is 1. The fourth-order valence-electron chi connectivity index (χ4n) is 3.30. The van der Waals surface area contributed by atoms with Gasteiger partial charge in [-0.05, 0) is 47.0 Å². The van der Waals surface area contributed by atoms with Gasteiger partial charge in [0.15, 0.2) is 0 Å². The highest BCUT2D eigenvalue weighted by Gasteiger charge is 2.07. The molecule has 0 fully saturated rings. The van der Waals surface area contributed by atoms with Gasteiger partial charge < -0.3 is 10.1 Å². The summed E-state index contributed by atoms with van der Waals surface area (Å²) in [7, 11) is 1.64. The van der Waals surface area contributed by atoms with Gasteiger partial charge in [-0.25, -0.2) is 9.97 Å². The smallest absolute Gasteiger partial charge is 0.224 e. The molecule has 1 amide bonds. The predicted octanol–water partition coefficient (Wildman–Crippen LogP) is 4.68. The summed E-state index contributed by atoms with van der Waals surface area (Å²) in [6.45, 7) is 0.354. The van der Waals surface area contributed by atoms with E-state index in [0.29, 0.717) is 13.0 Å². The molecule has 0 aliphatic heterocycles. The molecule has 0 saturated heterocycles. The average Bonchev–Trinajstić information content (AvgIpc) is 2.84. The quantitative estimate of drug-likeness (QED) is 0.481. The van der Waals surface area contributed by atoms with E-state index in [0.717, 1.165) is 39.4 Å². The van der Waals surface area contributed by atoms with Crippen LogP contribution in [0.3, 0.4) is 0 Å². The van der Waals surface area contributed by atoms with E-state index in [1.165, 1.54) is 6.33 Å². The van der Waals surface area contributed by atoms with Crippen molar-refractivity contribution < 1.29 is 9.53 Å². The van der Waals surface area contributed by atoms with Crippen LogP contribution in [-0.2, 0) is 17.8 Å². The van der Waals surface area contributed by atoms with Crippen LogP contribution < -0.4 is 10.1 Å². The fourth-order valence-corrected chi connectivity index (χ4v) is 3.30. The van der Waals surface area contributed by atoms with Gasteiger partial charge in [-0.1, -0.05) is 54.6 Å². The Hall–Kier alpha value is -3.99. The zero-order valence-electron chi connectivity index (χ0n) is 17.3. The Labute approximate surface area is 181 Å². The van der Waals surface area contributed by atoms with Crippen LogP contribution in [-0.4, -0.2) is 23.0 Å². The Morgan fingerprint density at radius 2 is 1.52 bits per heavy atom. The third kappa shape index (κ3) is 5.34. The molecule has 4 aromatic rings. The number of nitrogens with one attached hydrogen (secondary N) is 1. The van der Waals surface area contributed by atoms with Crippen LogP contribution in [0.25, 0.3) is 22.4 Å². The van der Waals surface area contributed by atoms with Crippen LogP contribution in [0.2, 0.25) is 0 Å². The lowest BCUT2D eigenvalue weighted by atomic mass is 10.0. The zero-order valence-corrected chi connectivity index (χ0v) is 17.3. The van der Waals surface area contributed by atoms with E-state index in [2.05, 4.69) is 27.4 Å². The number of hydrogen-bond donors (Lipinski definition) is 1. The first kappa shape index (κ1) is 20.3. The van der Waals surface area contributed by atoms with Gasteiger partial charge in [-0.3, -0.25) is 4.79 Å². The van der Waals surface area contributed by atoms with E-state index >= 15 is 0 Å². The van der Waals surface area contributed by atoms with Gasteiger partial charge in [0.1, 0.15) is 12.1 Å². The van der Waals surface area contributed by atoms with E-state index < -0.39 is 0 Å². The van der Waals surface area contributed by atoms with Crippen molar-refractivity contribution in [2.45, 2.75) is 13.0 Å². The minimum atomic E-state index is -0.0444. The molecule has 5 heteroatoms. The lowest BCUT2D eigenvalue weighted by Crippen LogP contribution is -2.25. The van der Waals surface area contributed by atoms with Crippen molar-refractivity contribution in [2.24, 2.45) is 0 Å². The van der Waals surface area contributed by atoms with Crippen molar-refractivity contribution in [3.63, 3.8) is 0 Å². The maximum Gasteiger partial charge on any atom is 0.224 e. The normalized spacial score (nSPS) is 10.5. The summed E-state index contributed by atoms with van der Waals surface area (Å²) >= 11 is 0. The lowest BCUT2D eigenvalue weighted by molar-refractivity contribution is -0.120. The molecule has 154 valence electrons. The number of carbonyl (C=O) groups excluding carboxylic acids is 1. The summed E-state index contributed by atoms with van der Waals surface area (Å²) in [4.78, 5) is 21.0. The number of carbonyl (C=O) groups is 1. The van der Waals surface area contributed by atoms with Gasteiger partial charge in [-0.2, -0.15) is 0 Å². The first-order valence-corrected chi connectivity index (χ1v) is 10.1. The number of aromatic nitrogens is 2. The predicted molar refractivity (Wildman–Crippen MR) is 121 cm³/mol. The summed E-state index contributed by atoms with van der Waals surface area (Å²) in [5, 5.41) is 2.94. The van der Waals surface area contributed by atoms with Crippen LogP contribution in [0.1, 0.15) is 11.3 Å². The summed E-state index contributed by atoms with van der Waals surface area (Å²) in [5.41, 5.74) is 5.80. The Morgan fingerprint density at radius 1 is 0.839 bits per heavy atom. The van der Waals surface area contributed by atoms with E-state index in [1.807, 2.05) is 72.8 Å². The molecule has 0 unspecified atom stereocenters. The molecule has 1 aromatic heterocycles. The molecular weight excluding hydrogens is 386 g/mol. The topological polar surface area (TPSA) is 64.1 Å². The number of methoxy groups -OCH3 is 1. The molecule has 4 rings (SSSR count). The van der Waals surface area contributed by atoms with E-state index in [-0.39, 0.29) is 5.91 Å². The molecule has 0 spiro atoms. The highest BCUT2D eigenvalue weighted by atomic mass is 16.5. The summed E-state index contributed by atoms with van der Waals surface area (Å²) in [5.74, 6) is 0.749. The SMILES string of the molecule is COc1ccc(-c2cc(CNC(=O)Cc3ccc(-c4ccccc4)cc3)ncn2)cc1. The van der Waals surface area contributed by atoms with Crippen LogP contribution in [0, 0.1) is 0 Å². The maximum absolute atomic E-state index is 12.4. The van der Waals surface area contributed by atoms with Gasteiger partial charge in [0, 0.05) is 5.56 Å². The van der Waals surface area contributed by atoms with Crippen molar-refractivity contribution in [2.75, 3.05) is 7.11 Å². The van der Waals surface area contributed by atoms with Crippen molar-refractivity contribution in [3.8, 4) is 28.1 Å². The average molecular weight is 409 g/mol. The minimum absolute atomic E-state index is 0.0444. The molecule has 3 aromatic carbocycles. The monoisotopic (exact) mass is 409 g/mol. The van der Waals surface area contributed by atoms with Crippen LogP contribution >= 0.6 is 0 Å². The van der Waals surface area contributed by atoms with E-state index in [1.54, 1.807) is 7.11 Å². The zero-order chi connectivity index (χ0) is 21.5. The summed E-state index contributed by atoms with van der Waals surface area (Å²) < 4.78 is 5.19.